The molecule has 1 fully saturated rings. The van der Waals surface area contributed by atoms with Crippen LogP contribution in [0.5, 0.6) is 5.75 Å². The number of benzene rings is 1. The molecule has 134 valence electrons. The van der Waals surface area contributed by atoms with Crippen molar-refractivity contribution in [1.82, 2.24) is 10.0 Å². The number of hydrogen-bond acceptors (Lipinski definition) is 6. The van der Waals surface area contributed by atoms with E-state index in [1.165, 1.54) is 12.3 Å². The van der Waals surface area contributed by atoms with Crippen LogP contribution in [0, 0.1) is 0 Å². The number of amides is 2. The van der Waals surface area contributed by atoms with Gasteiger partial charge in [0.15, 0.2) is 5.75 Å². The third kappa shape index (κ3) is 3.97. The molecule has 1 aromatic carbocycles. The molecule has 0 atom stereocenters. The second-order valence-electron chi connectivity index (χ2n) is 5.66. The molecule has 0 unspecified atom stereocenters. The Morgan fingerprint density at radius 2 is 1.73 bits per heavy atom. The molecule has 1 aromatic heterocycles. The number of nitrogens with zero attached hydrogens (tertiary/aromatic N) is 1. The Labute approximate surface area is 148 Å². The van der Waals surface area contributed by atoms with Gasteiger partial charge in [-0.05, 0) is 11.6 Å². The van der Waals surface area contributed by atoms with E-state index in [1.54, 1.807) is 0 Å². The molecule has 2 heterocycles. The Morgan fingerprint density at radius 3 is 2.42 bits per heavy atom. The first-order valence-corrected chi connectivity index (χ1v) is 7.98. The van der Waals surface area contributed by atoms with Crippen molar-refractivity contribution in [3.8, 4) is 5.75 Å². The van der Waals surface area contributed by atoms with E-state index in [0.717, 1.165) is 5.56 Å². The summed E-state index contributed by atoms with van der Waals surface area (Å²) in [5.74, 6) is -1.96. The standard InChI is InChI=1S/C18H16N2O6/c21-14-6-7-15(22)20(14)26-16(23)10-13-8-9-19-18(24)17(13)25-11-12-4-2-1-3-5-12/h1-5,8-9H,6-7,10-11H2,(H,19,24). The molecule has 8 heteroatoms. The first-order valence-electron chi connectivity index (χ1n) is 7.98. The third-order valence-corrected chi connectivity index (χ3v) is 3.76. The summed E-state index contributed by atoms with van der Waals surface area (Å²) in [5, 5.41) is 0.472. The van der Waals surface area contributed by atoms with E-state index < -0.39 is 23.3 Å². The van der Waals surface area contributed by atoms with Gasteiger partial charge in [-0.3, -0.25) is 14.4 Å². The van der Waals surface area contributed by atoms with E-state index in [9.17, 15) is 19.2 Å². The fraction of sp³-hybridized carbons (Fsp3) is 0.222. The number of aromatic nitrogens is 1. The maximum atomic E-state index is 12.1. The van der Waals surface area contributed by atoms with Gasteiger partial charge in [0.05, 0.1) is 6.42 Å². The van der Waals surface area contributed by atoms with Gasteiger partial charge >= 0.3 is 5.97 Å². The van der Waals surface area contributed by atoms with Gasteiger partial charge in [-0.15, -0.1) is 5.06 Å². The van der Waals surface area contributed by atoms with Gasteiger partial charge in [-0.2, -0.15) is 0 Å². The summed E-state index contributed by atoms with van der Waals surface area (Å²) >= 11 is 0. The third-order valence-electron chi connectivity index (χ3n) is 3.76. The number of hydroxylamine groups is 2. The number of carbonyl (C=O) groups is 3. The van der Waals surface area contributed by atoms with Crippen LogP contribution < -0.4 is 10.3 Å². The molecule has 1 aliphatic heterocycles. The SMILES string of the molecule is O=C(Cc1cc[nH]c(=O)c1OCc1ccccc1)ON1C(=O)CCC1=O. The molecule has 1 saturated heterocycles. The highest BCUT2D eigenvalue weighted by molar-refractivity contribution is 6.01. The minimum absolute atomic E-state index is 0.00706. The molecular weight excluding hydrogens is 340 g/mol. The Balaban J connectivity index is 1.70. The number of aromatic amines is 1. The Bertz CT molecular complexity index is 874. The number of rotatable bonds is 6. The second kappa shape index (κ2) is 7.64. The highest BCUT2D eigenvalue weighted by atomic mass is 16.7. The van der Waals surface area contributed by atoms with Crippen molar-refractivity contribution in [2.45, 2.75) is 25.9 Å². The molecular formula is C18H16N2O6. The zero-order valence-electron chi connectivity index (χ0n) is 13.8. The molecule has 2 amide bonds. The van der Waals surface area contributed by atoms with Crippen LogP contribution >= 0.6 is 0 Å². The number of nitrogens with one attached hydrogen (secondary N) is 1. The van der Waals surface area contributed by atoms with Crippen molar-refractivity contribution in [2.75, 3.05) is 0 Å². The van der Waals surface area contributed by atoms with Crippen LogP contribution in [0.3, 0.4) is 0 Å². The maximum absolute atomic E-state index is 12.1. The average molecular weight is 356 g/mol. The molecule has 1 aliphatic rings. The van der Waals surface area contributed by atoms with Gasteiger partial charge in [0.25, 0.3) is 17.4 Å². The lowest BCUT2D eigenvalue weighted by Gasteiger charge is -2.14. The van der Waals surface area contributed by atoms with E-state index in [4.69, 9.17) is 9.57 Å². The van der Waals surface area contributed by atoms with Gasteiger partial charge in [-0.1, -0.05) is 30.3 Å². The summed E-state index contributed by atoms with van der Waals surface area (Å²) in [4.78, 5) is 54.4. The van der Waals surface area contributed by atoms with Crippen molar-refractivity contribution >= 4 is 17.8 Å². The molecule has 1 N–H and O–H groups in total. The van der Waals surface area contributed by atoms with Crippen LogP contribution in [0.4, 0.5) is 0 Å². The molecule has 2 aromatic rings. The van der Waals surface area contributed by atoms with Crippen LogP contribution in [-0.4, -0.2) is 27.8 Å². The molecule has 0 radical (unpaired) electrons. The van der Waals surface area contributed by atoms with E-state index in [1.807, 2.05) is 30.3 Å². The zero-order chi connectivity index (χ0) is 18.5. The summed E-state index contributed by atoms with van der Waals surface area (Å²) in [6.45, 7) is 0.152. The van der Waals surface area contributed by atoms with Gasteiger partial charge in [0, 0.05) is 24.6 Å². The minimum Gasteiger partial charge on any atom is -0.483 e. The summed E-state index contributed by atoms with van der Waals surface area (Å²) in [6, 6.07) is 10.7. The predicted molar refractivity (Wildman–Crippen MR) is 88.7 cm³/mol. The number of H-pyrrole nitrogens is 1. The fourth-order valence-electron chi connectivity index (χ4n) is 2.48. The molecule has 0 bridgehead atoms. The zero-order valence-corrected chi connectivity index (χ0v) is 13.8. The summed E-state index contributed by atoms with van der Waals surface area (Å²) < 4.78 is 5.57. The number of hydrogen-bond donors (Lipinski definition) is 1. The molecule has 8 nitrogen and oxygen atoms in total. The predicted octanol–water partition coefficient (Wildman–Crippen LogP) is 1.10. The van der Waals surface area contributed by atoms with Crippen molar-refractivity contribution < 1.29 is 24.0 Å². The van der Waals surface area contributed by atoms with Crippen LogP contribution in [0.1, 0.15) is 24.0 Å². The molecule has 0 saturated carbocycles. The minimum atomic E-state index is -0.830. The number of ether oxygens (including phenoxy) is 1. The number of carbonyl (C=O) groups excluding carboxylic acids is 3. The smallest absolute Gasteiger partial charge is 0.337 e. The van der Waals surface area contributed by atoms with E-state index in [2.05, 4.69) is 4.98 Å². The number of imide groups is 1. The lowest BCUT2D eigenvalue weighted by atomic mass is 10.2. The van der Waals surface area contributed by atoms with Gasteiger partial charge in [-0.25, -0.2) is 4.79 Å². The monoisotopic (exact) mass is 356 g/mol. The van der Waals surface area contributed by atoms with Crippen LogP contribution in [0.25, 0.3) is 0 Å². The number of pyridine rings is 1. The summed E-state index contributed by atoms with van der Waals surface area (Å²) in [6.07, 6.45) is 1.10. The lowest BCUT2D eigenvalue weighted by Crippen LogP contribution is -2.32. The summed E-state index contributed by atoms with van der Waals surface area (Å²) in [5.41, 5.74) is 0.672. The Hall–Kier alpha value is -3.42. The molecule has 0 aliphatic carbocycles. The van der Waals surface area contributed by atoms with Gasteiger partial charge < -0.3 is 14.6 Å². The molecule has 26 heavy (non-hydrogen) atoms. The van der Waals surface area contributed by atoms with Crippen LogP contribution in [0.2, 0.25) is 0 Å². The Kier molecular flexibility index (Phi) is 5.12. The van der Waals surface area contributed by atoms with Crippen molar-refractivity contribution in [3.05, 3.63) is 64.1 Å². The van der Waals surface area contributed by atoms with E-state index in [-0.39, 0.29) is 31.6 Å². The average Bonchev–Trinajstić information content (AvgIpc) is 2.94. The van der Waals surface area contributed by atoms with Crippen LogP contribution in [0.15, 0.2) is 47.4 Å². The van der Waals surface area contributed by atoms with Gasteiger partial charge in [0.1, 0.15) is 6.61 Å². The van der Waals surface area contributed by atoms with Crippen molar-refractivity contribution in [2.24, 2.45) is 0 Å². The topological polar surface area (TPSA) is 106 Å². The highest BCUT2D eigenvalue weighted by Crippen LogP contribution is 2.17. The maximum Gasteiger partial charge on any atom is 0.337 e. The first kappa shape index (κ1) is 17.4. The van der Waals surface area contributed by atoms with E-state index >= 15 is 0 Å². The fourth-order valence-corrected chi connectivity index (χ4v) is 2.48. The second-order valence-corrected chi connectivity index (χ2v) is 5.66. The van der Waals surface area contributed by atoms with E-state index in [0.29, 0.717) is 10.6 Å². The van der Waals surface area contributed by atoms with Crippen molar-refractivity contribution in [3.63, 3.8) is 0 Å². The first-order chi connectivity index (χ1) is 12.5. The van der Waals surface area contributed by atoms with Crippen LogP contribution in [-0.2, 0) is 32.2 Å². The molecule has 0 spiro atoms. The lowest BCUT2D eigenvalue weighted by molar-refractivity contribution is -0.197. The summed E-state index contributed by atoms with van der Waals surface area (Å²) in [7, 11) is 0. The van der Waals surface area contributed by atoms with Gasteiger partial charge in [0.2, 0.25) is 0 Å². The molecule has 3 rings (SSSR count). The largest absolute Gasteiger partial charge is 0.483 e. The quantitative estimate of drug-likeness (QED) is 0.777. The Morgan fingerprint density at radius 1 is 1.04 bits per heavy atom. The normalized spacial score (nSPS) is 13.8. The highest BCUT2D eigenvalue weighted by Gasteiger charge is 2.33. The van der Waals surface area contributed by atoms with Crippen molar-refractivity contribution in [1.29, 1.82) is 0 Å².